The Hall–Kier alpha value is -1.84. The molecule has 0 unspecified atom stereocenters. The van der Waals surface area contributed by atoms with Crippen LogP contribution >= 0.6 is 0 Å². The maximum atomic E-state index is 11.9. The van der Waals surface area contributed by atoms with E-state index in [0.29, 0.717) is 13.2 Å². The first kappa shape index (κ1) is 43.2. The molecule has 4 heteroatoms. The summed E-state index contributed by atoms with van der Waals surface area (Å²) < 4.78 is 10.5. The first-order valence-corrected chi connectivity index (χ1v) is 19.5. The van der Waals surface area contributed by atoms with Crippen LogP contribution in [-0.2, 0) is 19.1 Å². The normalized spacial score (nSPS) is 11.8. The van der Waals surface area contributed by atoms with Gasteiger partial charge in [0.2, 0.25) is 0 Å². The molecule has 0 atom stereocenters. The van der Waals surface area contributed by atoms with Crippen molar-refractivity contribution >= 4 is 11.9 Å². The van der Waals surface area contributed by atoms with Gasteiger partial charge in [0.25, 0.3) is 0 Å². The van der Waals surface area contributed by atoms with Gasteiger partial charge < -0.3 is 9.47 Å². The molecule has 0 aromatic rings. The minimum atomic E-state index is -0.371. The summed E-state index contributed by atoms with van der Waals surface area (Å²) in [5.41, 5.74) is 0. The number of allylic oxidation sites excluding steroid dienone is 4. The highest BCUT2D eigenvalue weighted by molar-refractivity contribution is 5.83. The third-order valence-corrected chi connectivity index (χ3v) is 8.36. The second kappa shape index (κ2) is 38.3. The smallest absolute Gasteiger partial charge is 0.330 e. The van der Waals surface area contributed by atoms with Crippen molar-refractivity contribution in [3.8, 4) is 0 Å². The van der Waals surface area contributed by atoms with Gasteiger partial charge in [-0.3, -0.25) is 4.79 Å². The molecule has 0 aliphatic carbocycles. The van der Waals surface area contributed by atoms with E-state index in [1.54, 1.807) is 6.08 Å². The van der Waals surface area contributed by atoms with Crippen molar-refractivity contribution in [1.82, 2.24) is 0 Å². The number of hydrogen-bond acceptors (Lipinski definition) is 4. The third kappa shape index (κ3) is 38.3. The molecule has 0 aromatic carbocycles. The molecule has 262 valence electrons. The van der Waals surface area contributed by atoms with Gasteiger partial charge in [-0.15, -0.1) is 0 Å². The molecule has 0 radical (unpaired) electrons. The van der Waals surface area contributed by atoms with Gasteiger partial charge in [-0.05, 0) is 64.2 Å². The van der Waals surface area contributed by atoms with Crippen LogP contribution in [-0.4, -0.2) is 25.2 Å². The number of carbonyl (C=O) groups is 2. The van der Waals surface area contributed by atoms with E-state index >= 15 is 0 Å². The minimum Gasteiger partial charge on any atom is -0.465 e. The topological polar surface area (TPSA) is 52.6 Å². The van der Waals surface area contributed by atoms with E-state index in [9.17, 15) is 9.59 Å². The number of hydrogen-bond donors (Lipinski definition) is 0. The van der Waals surface area contributed by atoms with Crippen LogP contribution in [0.15, 0.2) is 36.5 Å². The molecular weight excluding hydrogens is 556 g/mol. The molecular formula is C41H74O4. The number of ether oxygens (including phenoxy) is 2. The average molecular weight is 631 g/mol. The van der Waals surface area contributed by atoms with Gasteiger partial charge >= 0.3 is 11.9 Å². The Labute approximate surface area is 280 Å². The summed E-state index contributed by atoms with van der Waals surface area (Å²) in [4.78, 5) is 23.7. The first-order valence-electron chi connectivity index (χ1n) is 19.5. The zero-order chi connectivity index (χ0) is 32.7. The highest BCUT2D eigenvalue weighted by Gasteiger charge is 2.02. The Morgan fingerprint density at radius 1 is 0.400 bits per heavy atom. The van der Waals surface area contributed by atoms with E-state index in [1.165, 1.54) is 160 Å². The second-order valence-corrected chi connectivity index (χ2v) is 12.9. The van der Waals surface area contributed by atoms with Crippen LogP contribution in [0.2, 0.25) is 0 Å². The van der Waals surface area contributed by atoms with E-state index in [2.05, 4.69) is 38.2 Å². The molecule has 0 heterocycles. The van der Waals surface area contributed by atoms with E-state index < -0.39 is 0 Å². The Kier molecular flexibility index (Phi) is 36.8. The fourth-order valence-electron chi connectivity index (χ4n) is 5.42. The Morgan fingerprint density at radius 2 is 0.733 bits per heavy atom. The summed E-state index contributed by atoms with van der Waals surface area (Å²) in [6.45, 7) is 5.45. The molecule has 0 aliphatic rings. The van der Waals surface area contributed by atoms with Crippen molar-refractivity contribution in [1.29, 1.82) is 0 Å². The molecule has 0 N–H and O–H groups in total. The van der Waals surface area contributed by atoms with Gasteiger partial charge in [0.05, 0.1) is 19.6 Å². The first-order chi connectivity index (χ1) is 22.2. The minimum absolute atomic E-state index is 0.121. The van der Waals surface area contributed by atoms with E-state index in [4.69, 9.17) is 9.47 Å². The van der Waals surface area contributed by atoms with Crippen LogP contribution in [0.4, 0.5) is 0 Å². The molecule has 4 nitrogen and oxygen atoms in total. The summed E-state index contributed by atoms with van der Waals surface area (Å²) in [6, 6.07) is 0. The van der Waals surface area contributed by atoms with Crippen molar-refractivity contribution in [3.05, 3.63) is 36.5 Å². The lowest BCUT2D eigenvalue weighted by atomic mass is 10.1. The molecule has 0 rings (SSSR count). The zero-order valence-electron chi connectivity index (χ0n) is 30.0. The lowest BCUT2D eigenvalue weighted by molar-refractivity contribution is -0.142. The Morgan fingerprint density at radius 3 is 1.13 bits per heavy atom. The highest BCUT2D eigenvalue weighted by atomic mass is 16.5. The third-order valence-electron chi connectivity index (χ3n) is 8.36. The molecule has 0 amide bonds. The largest absolute Gasteiger partial charge is 0.465 e. The van der Waals surface area contributed by atoms with Crippen LogP contribution in [0.5, 0.6) is 0 Å². The fourth-order valence-corrected chi connectivity index (χ4v) is 5.42. The van der Waals surface area contributed by atoms with E-state index in [1.807, 2.05) is 0 Å². The molecule has 0 spiro atoms. The maximum Gasteiger partial charge on any atom is 0.330 e. The van der Waals surface area contributed by atoms with Crippen LogP contribution in [0.1, 0.15) is 200 Å². The summed E-state index contributed by atoms with van der Waals surface area (Å²) in [5, 5.41) is 0. The summed E-state index contributed by atoms with van der Waals surface area (Å²) in [6.07, 6.45) is 47.8. The zero-order valence-corrected chi connectivity index (χ0v) is 30.0. The Bertz CT molecular complexity index is 708. The van der Waals surface area contributed by atoms with Crippen molar-refractivity contribution < 1.29 is 19.1 Å². The Balaban J connectivity index is 3.39. The predicted octanol–water partition coefficient (Wildman–Crippen LogP) is 13.1. The molecule has 0 aliphatic heterocycles. The van der Waals surface area contributed by atoms with Crippen LogP contribution in [0, 0.1) is 0 Å². The predicted molar refractivity (Wildman–Crippen MR) is 195 cm³/mol. The lowest BCUT2D eigenvalue weighted by Gasteiger charge is -2.04. The van der Waals surface area contributed by atoms with Crippen LogP contribution in [0.3, 0.4) is 0 Å². The standard InChI is InChI=1S/C41H74O4/c1-3-5-7-9-11-13-15-17-19-21-23-25-27-29-31-33-38-44-40(42)36-35-37-41(43)45-39-34-32-30-28-26-24-22-20-18-16-14-12-10-8-6-4-2/h17-20,35-36H,3-16,21-34,37-39H2,1-2H3/b19-17-,20-18-,36-35+. The number of unbranched alkanes of at least 4 members (excludes halogenated alkanes) is 24. The summed E-state index contributed by atoms with van der Waals surface area (Å²) >= 11 is 0. The molecule has 0 fully saturated rings. The molecule has 0 saturated carbocycles. The van der Waals surface area contributed by atoms with Gasteiger partial charge in [0.15, 0.2) is 0 Å². The van der Waals surface area contributed by atoms with Gasteiger partial charge in [-0.2, -0.15) is 0 Å². The number of rotatable bonds is 35. The van der Waals surface area contributed by atoms with E-state index in [-0.39, 0.29) is 18.4 Å². The fraction of sp³-hybridized carbons (Fsp3) is 0.805. The number of carbonyl (C=O) groups excluding carboxylic acids is 2. The van der Waals surface area contributed by atoms with Gasteiger partial charge in [-0.25, -0.2) is 4.79 Å². The van der Waals surface area contributed by atoms with Crippen molar-refractivity contribution in [2.45, 2.75) is 200 Å². The van der Waals surface area contributed by atoms with Crippen LogP contribution < -0.4 is 0 Å². The van der Waals surface area contributed by atoms with Crippen molar-refractivity contribution in [3.63, 3.8) is 0 Å². The monoisotopic (exact) mass is 631 g/mol. The van der Waals surface area contributed by atoms with Crippen LogP contribution in [0.25, 0.3) is 0 Å². The molecule has 0 bridgehead atoms. The van der Waals surface area contributed by atoms with Crippen molar-refractivity contribution in [2.75, 3.05) is 13.2 Å². The van der Waals surface area contributed by atoms with Gasteiger partial charge in [0, 0.05) is 6.08 Å². The molecule has 45 heavy (non-hydrogen) atoms. The second-order valence-electron chi connectivity index (χ2n) is 12.9. The lowest BCUT2D eigenvalue weighted by Crippen LogP contribution is -2.06. The molecule has 0 aromatic heterocycles. The SMILES string of the molecule is CCCCCCCC/C=C\CCCCCCCCOC(=O)/C=C/CC(=O)OCCCCCCCC/C=C\CCCCCCCC. The van der Waals surface area contributed by atoms with Crippen molar-refractivity contribution in [2.24, 2.45) is 0 Å². The maximum absolute atomic E-state index is 11.9. The molecule has 0 saturated heterocycles. The highest BCUT2D eigenvalue weighted by Crippen LogP contribution is 2.12. The van der Waals surface area contributed by atoms with Gasteiger partial charge in [-0.1, -0.05) is 160 Å². The summed E-state index contributed by atoms with van der Waals surface area (Å²) in [5.74, 6) is -0.649. The van der Waals surface area contributed by atoms with Gasteiger partial charge in [0.1, 0.15) is 0 Å². The average Bonchev–Trinajstić information content (AvgIpc) is 3.04. The number of esters is 2. The summed E-state index contributed by atoms with van der Waals surface area (Å²) in [7, 11) is 0. The quantitative estimate of drug-likeness (QED) is 0.0302. The van der Waals surface area contributed by atoms with E-state index in [0.717, 1.165) is 25.7 Å².